The molecule has 118 valence electrons. The number of carbonyl (C=O) groups is 1. The first-order valence-electron chi connectivity index (χ1n) is 7.36. The van der Waals surface area contributed by atoms with Gasteiger partial charge in [0.05, 0.1) is 0 Å². The lowest BCUT2D eigenvalue weighted by atomic mass is 10.1. The Kier molecular flexibility index (Phi) is 3.92. The summed E-state index contributed by atoms with van der Waals surface area (Å²) in [5.41, 5.74) is 9.96. The first-order valence-corrected chi connectivity index (χ1v) is 7.36. The number of benzene rings is 1. The molecule has 7 heteroatoms. The monoisotopic (exact) mass is 310 g/mol. The molecule has 3 rings (SSSR count). The summed E-state index contributed by atoms with van der Waals surface area (Å²) in [7, 11) is 0. The fourth-order valence-corrected chi connectivity index (χ4v) is 2.61. The molecule has 0 aliphatic rings. The van der Waals surface area contributed by atoms with Gasteiger partial charge in [0.2, 0.25) is 5.91 Å². The van der Waals surface area contributed by atoms with Gasteiger partial charge in [0.15, 0.2) is 0 Å². The average molecular weight is 310 g/mol. The molecule has 0 saturated carbocycles. The third kappa shape index (κ3) is 3.13. The highest BCUT2D eigenvalue weighted by Gasteiger charge is 2.12. The standard InChI is InChI=1S/C16H18N6O/c1-10-14(11(2)22-9-18-21-16(22)19-10)6-7-15(23)20-13-5-3-4-12(17)8-13/h3-5,8-9H,6-7,17H2,1-2H3,(H,20,23). The molecule has 2 aromatic heterocycles. The summed E-state index contributed by atoms with van der Waals surface area (Å²) in [5.74, 6) is 0.520. The molecule has 3 N–H and O–H groups in total. The van der Waals surface area contributed by atoms with Crippen molar-refractivity contribution in [2.75, 3.05) is 11.1 Å². The van der Waals surface area contributed by atoms with Crippen LogP contribution in [0.25, 0.3) is 5.78 Å². The molecule has 1 amide bonds. The van der Waals surface area contributed by atoms with Gasteiger partial charge in [0, 0.05) is 29.2 Å². The van der Waals surface area contributed by atoms with Crippen LogP contribution >= 0.6 is 0 Å². The number of nitrogen functional groups attached to an aromatic ring is 1. The quantitative estimate of drug-likeness (QED) is 0.717. The molecular formula is C16H18N6O. The molecule has 0 atom stereocenters. The molecule has 1 aromatic carbocycles. The largest absolute Gasteiger partial charge is 0.399 e. The van der Waals surface area contributed by atoms with Crippen LogP contribution in [-0.2, 0) is 11.2 Å². The van der Waals surface area contributed by atoms with Gasteiger partial charge >= 0.3 is 0 Å². The SMILES string of the molecule is Cc1nc2nncn2c(C)c1CCC(=O)Nc1cccc(N)c1. The number of hydrogen-bond donors (Lipinski definition) is 2. The Morgan fingerprint density at radius 3 is 2.96 bits per heavy atom. The summed E-state index contributed by atoms with van der Waals surface area (Å²) in [6, 6.07) is 7.14. The van der Waals surface area contributed by atoms with Gasteiger partial charge in [-0.05, 0) is 44.0 Å². The molecule has 0 saturated heterocycles. The van der Waals surface area contributed by atoms with Crippen LogP contribution in [-0.4, -0.2) is 25.5 Å². The number of hydrogen-bond acceptors (Lipinski definition) is 5. The molecule has 0 unspecified atom stereocenters. The van der Waals surface area contributed by atoms with Crippen LogP contribution in [0.3, 0.4) is 0 Å². The van der Waals surface area contributed by atoms with E-state index in [4.69, 9.17) is 5.73 Å². The van der Waals surface area contributed by atoms with Crippen LogP contribution in [0.4, 0.5) is 11.4 Å². The summed E-state index contributed by atoms with van der Waals surface area (Å²) < 4.78 is 1.83. The Morgan fingerprint density at radius 1 is 1.35 bits per heavy atom. The van der Waals surface area contributed by atoms with E-state index in [1.165, 1.54) is 0 Å². The lowest BCUT2D eigenvalue weighted by molar-refractivity contribution is -0.116. The number of nitrogens with zero attached hydrogens (tertiary/aromatic N) is 4. The minimum atomic E-state index is -0.0572. The van der Waals surface area contributed by atoms with Crippen molar-refractivity contribution in [3.05, 3.63) is 47.5 Å². The number of carbonyl (C=O) groups excluding carboxylic acids is 1. The van der Waals surface area contributed by atoms with E-state index in [2.05, 4.69) is 20.5 Å². The molecule has 2 heterocycles. The normalized spacial score (nSPS) is 10.9. The molecule has 7 nitrogen and oxygen atoms in total. The van der Waals surface area contributed by atoms with Crippen LogP contribution in [0.1, 0.15) is 23.4 Å². The van der Waals surface area contributed by atoms with E-state index in [1.807, 2.05) is 30.4 Å². The summed E-state index contributed by atoms with van der Waals surface area (Å²) >= 11 is 0. The van der Waals surface area contributed by atoms with E-state index in [9.17, 15) is 4.79 Å². The van der Waals surface area contributed by atoms with Gasteiger partial charge in [-0.15, -0.1) is 10.2 Å². The molecule has 0 radical (unpaired) electrons. The first kappa shape index (κ1) is 15.0. The number of aryl methyl sites for hydroxylation is 2. The van der Waals surface area contributed by atoms with Gasteiger partial charge in [-0.25, -0.2) is 4.98 Å². The van der Waals surface area contributed by atoms with E-state index in [0.717, 1.165) is 17.0 Å². The fraction of sp³-hybridized carbons (Fsp3) is 0.250. The van der Waals surface area contributed by atoms with E-state index >= 15 is 0 Å². The van der Waals surface area contributed by atoms with Gasteiger partial charge in [-0.1, -0.05) is 6.07 Å². The van der Waals surface area contributed by atoms with Crippen LogP contribution < -0.4 is 11.1 Å². The molecule has 0 spiro atoms. The predicted octanol–water partition coefficient (Wildman–Crippen LogP) is 1.89. The van der Waals surface area contributed by atoms with Crippen molar-refractivity contribution in [3.8, 4) is 0 Å². The molecule has 23 heavy (non-hydrogen) atoms. The molecule has 0 fully saturated rings. The maximum atomic E-state index is 12.1. The maximum absolute atomic E-state index is 12.1. The van der Waals surface area contributed by atoms with Crippen molar-refractivity contribution < 1.29 is 4.79 Å². The summed E-state index contributed by atoms with van der Waals surface area (Å²) in [5, 5.41) is 10.7. The zero-order valence-electron chi connectivity index (χ0n) is 13.1. The summed E-state index contributed by atoms with van der Waals surface area (Å²) in [6.45, 7) is 3.91. The Labute approximate surface area is 133 Å². The topological polar surface area (TPSA) is 98.2 Å². The van der Waals surface area contributed by atoms with Crippen LogP contribution in [0.2, 0.25) is 0 Å². The minimum absolute atomic E-state index is 0.0572. The zero-order chi connectivity index (χ0) is 16.4. The minimum Gasteiger partial charge on any atom is -0.399 e. The van der Waals surface area contributed by atoms with Crippen LogP contribution in [0.5, 0.6) is 0 Å². The highest BCUT2D eigenvalue weighted by Crippen LogP contribution is 2.16. The Balaban J connectivity index is 1.72. The van der Waals surface area contributed by atoms with Gasteiger partial charge in [0.25, 0.3) is 5.78 Å². The predicted molar refractivity (Wildman–Crippen MR) is 88.1 cm³/mol. The highest BCUT2D eigenvalue weighted by molar-refractivity contribution is 5.91. The number of aromatic nitrogens is 4. The average Bonchev–Trinajstić information content (AvgIpc) is 2.95. The first-order chi connectivity index (χ1) is 11.0. The van der Waals surface area contributed by atoms with Crippen LogP contribution in [0, 0.1) is 13.8 Å². The van der Waals surface area contributed by atoms with E-state index in [1.54, 1.807) is 18.5 Å². The molecule has 0 bridgehead atoms. The number of anilines is 2. The third-order valence-electron chi connectivity index (χ3n) is 3.80. The molecule has 3 aromatic rings. The molecular weight excluding hydrogens is 292 g/mol. The van der Waals surface area contributed by atoms with Crippen molar-refractivity contribution >= 4 is 23.1 Å². The van der Waals surface area contributed by atoms with E-state index in [0.29, 0.717) is 30.0 Å². The van der Waals surface area contributed by atoms with Crippen molar-refractivity contribution in [2.45, 2.75) is 26.7 Å². The summed E-state index contributed by atoms with van der Waals surface area (Å²) in [4.78, 5) is 16.5. The van der Waals surface area contributed by atoms with Crippen molar-refractivity contribution in [1.82, 2.24) is 19.6 Å². The van der Waals surface area contributed by atoms with Gasteiger partial charge < -0.3 is 11.1 Å². The number of fused-ring (bicyclic) bond motifs is 1. The Bertz CT molecular complexity index is 870. The lowest BCUT2D eigenvalue weighted by Crippen LogP contribution is -2.14. The Hall–Kier alpha value is -2.96. The molecule has 0 aliphatic heterocycles. The fourth-order valence-electron chi connectivity index (χ4n) is 2.61. The second-order valence-corrected chi connectivity index (χ2v) is 5.44. The lowest BCUT2D eigenvalue weighted by Gasteiger charge is -2.11. The van der Waals surface area contributed by atoms with Crippen molar-refractivity contribution in [3.63, 3.8) is 0 Å². The molecule has 0 aliphatic carbocycles. The summed E-state index contributed by atoms with van der Waals surface area (Å²) in [6.07, 6.45) is 2.60. The van der Waals surface area contributed by atoms with Crippen molar-refractivity contribution in [1.29, 1.82) is 0 Å². The van der Waals surface area contributed by atoms with E-state index < -0.39 is 0 Å². The number of nitrogens with one attached hydrogen (secondary N) is 1. The van der Waals surface area contributed by atoms with Gasteiger partial charge in [-0.2, -0.15) is 0 Å². The Morgan fingerprint density at radius 2 is 2.17 bits per heavy atom. The number of amides is 1. The second-order valence-electron chi connectivity index (χ2n) is 5.44. The second kappa shape index (κ2) is 6.04. The third-order valence-corrected chi connectivity index (χ3v) is 3.80. The number of rotatable bonds is 4. The van der Waals surface area contributed by atoms with Crippen LogP contribution in [0.15, 0.2) is 30.6 Å². The van der Waals surface area contributed by atoms with Gasteiger partial charge in [-0.3, -0.25) is 9.20 Å². The maximum Gasteiger partial charge on any atom is 0.255 e. The highest BCUT2D eigenvalue weighted by atomic mass is 16.1. The van der Waals surface area contributed by atoms with E-state index in [-0.39, 0.29) is 5.91 Å². The zero-order valence-corrected chi connectivity index (χ0v) is 13.1. The number of nitrogens with two attached hydrogens (primary N) is 1. The smallest absolute Gasteiger partial charge is 0.255 e. The van der Waals surface area contributed by atoms with Gasteiger partial charge in [0.1, 0.15) is 6.33 Å². The van der Waals surface area contributed by atoms with Crippen molar-refractivity contribution in [2.24, 2.45) is 0 Å².